The van der Waals surface area contributed by atoms with Crippen molar-refractivity contribution in [3.8, 4) is 0 Å². The molecule has 1 unspecified atom stereocenters. The zero-order chi connectivity index (χ0) is 15.0. The van der Waals surface area contributed by atoms with Gasteiger partial charge in [0.05, 0.1) is 11.5 Å². The predicted molar refractivity (Wildman–Crippen MR) is 75.1 cm³/mol. The molecule has 1 N–H and O–H groups in total. The summed E-state index contributed by atoms with van der Waals surface area (Å²) in [6, 6.07) is -0.458. The van der Waals surface area contributed by atoms with Gasteiger partial charge in [0.2, 0.25) is 0 Å². The highest BCUT2D eigenvalue weighted by Gasteiger charge is 2.39. The molecule has 2 fully saturated rings. The standard InChI is InChI=1S/C11H22N2O5S2/c1-12(11-4-7-19(15,16)9-11)20(17,18)13-5-2-10(8-14)3-6-13/h10-11,14H,2-9H2,1H3. The Morgan fingerprint density at radius 1 is 1.25 bits per heavy atom. The third-order valence-electron chi connectivity index (χ3n) is 4.24. The van der Waals surface area contributed by atoms with Crippen LogP contribution in [0.3, 0.4) is 0 Å². The van der Waals surface area contributed by atoms with Crippen LogP contribution in [0.15, 0.2) is 0 Å². The van der Waals surface area contributed by atoms with E-state index in [2.05, 4.69) is 0 Å². The Balaban J connectivity index is 2.03. The summed E-state index contributed by atoms with van der Waals surface area (Å²) in [6.07, 6.45) is 1.66. The molecule has 2 heterocycles. The second kappa shape index (κ2) is 5.88. The number of aliphatic hydroxyl groups is 1. The minimum atomic E-state index is -3.61. The molecular formula is C11H22N2O5S2. The smallest absolute Gasteiger partial charge is 0.282 e. The molecule has 0 aliphatic carbocycles. The van der Waals surface area contributed by atoms with E-state index in [1.807, 2.05) is 0 Å². The number of piperidine rings is 1. The number of rotatable bonds is 4. The molecule has 118 valence electrons. The van der Waals surface area contributed by atoms with E-state index in [0.717, 1.165) is 0 Å². The molecule has 1 atom stereocenters. The van der Waals surface area contributed by atoms with E-state index in [9.17, 15) is 16.8 Å². The zero-order valence-corrected chi connectivity index (χ0v) is 13.2. The van der Waals surface area contributed by atoms with Crippen LogP contribution in [0, 0.1) is 5.92 Å². The Morgan fingerprint density at radius 2 is 1.85 bits per heavy atom. The molecule has 0 aromatic heterocycles. The fraction of sp³-hybridized carbons (Fsp3) is 1.00. The van der Waals surface area contributed by atoms with Gasteiger partial charge in [-0.05, 0) is 25.2 Å². The molecule has 0 aromatic carbocycles. The summed E-state index contributed by atoms with van der Waals surface area (Å²) in [6.45, 7) is 0.860. The van der Waals surface area contributed by atoms with Crippen molar-refractivity contribution in [2.45, 2.75) is 25.3 Å². The van der Waals surface area contributed by atoms with Gasteiger partial charge in [0, 0.05) is 32.8 Å². The van der Waals surface area contributed by atoms with Gasteiger partial charge in [-0.15, -0.1) is 0 Å². The van der Waals surface area contributed by atoms with E-state index in [0.29, 0.717) is 32.4 Å². The van der Waals surface area contributed by atoms with Crippen molar-refractivity contribution < 1.29 is 21.9 Å². The van der Waals surface area contributed by atoms with E-state index in [1.165, 1.54) is 15.7 Å². The zero-order valence-electron chi connectivity index (χ0n) is 11.6. The van der Waals surface area contributed by atoms with E-state index in [4.69, 9.17) is 5.11 Å². The maximum atomic E-state index is 12.5. The van der Waals surface area contributed by atoms with Crippen molar-refractivity contribution in [3.05, 3.63) is 0 Å². The van der Waals surface area contributed by atoms with Crippen LogP contribution in [0.5, 0.6) is 0 Å². The average molecular weight is 326 g/mol. The van der Waals surface area contributed by atoms with Crippen LogP contribution in [-0.2, 0) is 20.0 Å². The molecule has 9 heteroatoms. The van der Waals surface area contributed by atoms with Crippen LogP contribution in [-0.4, -0.2) is 74.8 Å². The quantitative estimate of drug-likeness (QED) is 0.719. The molecule has 7 nitrogen and oxygen atoms in total. The lowest BCUT2D eigenvalue weighted by Crippen LogP contribution is -2.49. The Labute approximate surface area is 120 Å². The Hall–Kier alpha value is -0.220. The summed E-state index contributed by atoms with van der Waals surface area (Å²) in [5.74, 6) is 0.138. The third-order valence-corrected chi connectivity index (χ3v) is 8.04. The number of hydrogen-bond acceptors (Lipinski definition) is 5. The fourth-order valence-corrected chi connectivity index (χ4v) is 6.22. The summed E-state index contributed by atoms with van der Waals surface area (Å²) in [5.41, 5.74) is 0. The molecule has 0 amide bonds. The minimum absolute atomic E-state index is 0.0596. The van der Waals surface area contributed by atoms with Gasteiger partial charge in [0.1, 0.15) is 0 Å². The van der Waals surface area contributed by atoms with Gasteiger partial charge in [-0.2, -0.15) is 17.0 Å². The van der Waals surface area contributed by atoms with Gasteiger partial charge in [-0.1, -0.05) is 0 Å². The van der Waals surface area contributed by atoms with Gasteiger partial charge >= 0.3 is 0 Å². The first kappa shape index (κ1) is 16.2. The monoisotopic (exact) mass is 326 g/mol. The summed E-state index contributed by atoms with van der Waals surface area (Å²) in [5, 5.41) is 9.07. The lowest BCUT2D eigenvalue weighted by Gasteiger charge is -2.34. The van der Waals surface area contributed by atoms with Crippen LogP contribution >= 0.6 is 0 Å². The largest absolute Gasteiger partial charge is 0.396 e. The van der Waals surface area contributed by atoms with Crippen molar-refractivity contribution in [2.24, 2.45) is 5.92 Å². The normalized spacial score (nSPS) is 29.1. The third kappa shape index (κ3) is 3.33. The molecule has 2 rings (SSSR count). The lowest BCUT2D eigenvalue weighted by molar-refractivity contribution is 0.165. The van der Waals surface area contributed by atoms with Crippen LogP contribution < -0.4 is 0 Å². The van der Waals surface area contributed by atoms with E-state index >= 15 is 0 Å². The molecule has 20 heavy (non-hydrogen) atoms. The van der Waals surface area contributed by atoms with Crippen LogP contribution in [0.25, 0.3) is 0 Å². The predicted octanol–water partition coefficient (Wildman–Crippen LogP) is -0.946. The van der Waals surface area contributed by atoms with Crippen LogP contribution in [0.2, 0.25) is 0 Å². The Bertz CT molecular complexity index is 537. The van der Waals surface area contributed by atoms with E-state index < -0.39 is 26.1 Å². The maximum absolute atomic E-state index is 12.5. The summed E-state index contributed by atoms with van der Waals surface area (Å²) in [7, 11) is -5.25. The number of hydrogen-bond donors (Lipinski definition) is 1. The number of aliphatic hydroxyl groups excluding tert-OH is 1. The molecule has 0 saturated carbocycles. The van der Waals surface area contributed by atoms with E-state index in [-0.39, 0.29) is 24.0 Å². The second-order valence-electron chi connectivity index (χ2n) is 5.61. The molecule has 0 spiro atoms. The highest BCUT2D eigenvalue weighted by atomic mass is 32.2. The van der Waals surface area contributed by atoms with Crippen molar-refractivity contribution in [1.82, 2.24) is 8.61 Å². The van der Waals surface area contributed by atoms with Crippen molar-refractivity contribution in [3.63, 3.8) is 0 Å². The van der Waals surface area contributed by atoms with Gasteiger partial charge in [0.25, 0.3) is 10.2 Å². The highest BCUT2D eigenvalue weighted by Crippen LogP contribution is 2.24. The summed E-state index contributed by atoms with van der Waals surface area (Å²) < 4.78 is 50.5. The number of nitrogens with zero attached hydrogens (tertiary/aromatic N) is 2. The second-order valence-corrected chi connectivity index (χ2v) is 9.82. The van der Waals surface area contributed by atoms with Crippen LogP contribution in [0.4, 0.5) is 0 Å². The molecule has 2 aliphatic rings. The highest BCUT2D eigenvalue weighted by molar-refractivity contribution is 7.91. The van der Waals surface area contributed by atoms with Gasteiger partial charge in [-0.25, -0.2) is 8.42 Å². The maximum Gasteiger partial charge on any atom is 0.282 e. The van der Waals surface area contributed by atoms with Gasteiger partial charge < -0.3 is 5.11 Å². The van der Waals surface area contributed by atoms with Crippen molar-refractivity contribution >= 4 is 20.0 Å². The average Bonchev–Trinajstić information content (AvgIpc) is 2.78. The first-order chi connectivity index (χ1) is 9.26. The molecule has 0 aromatic rings. The Kier molecular flexibility index (Phi) is 4.75. The lowest BCUT2D eigenvalue weighted by atomic mass is 10.00. The van der Waals surface area contributed by atoms with Gasteiger partial charge in [0.15, 0.2) is 9.84 Å². The SMILES string of the molecule is CN(C1CCS(=O)(=O)C1)S(=O)(=O)N1CCC(CO)CC1. The molecule has 0 bridgehead atoms. The van der Waals surface area contributed by atoms with Crippen molar-refractivity contribution in [1.29, 1.82) is 0 Å². The minimum Gasteiger partial charge on any atom is -0.396 e. The topological polar surface area (TPSA) is 95.0 Å². The molecule has 0 radical (unpaired) electrons. The Morgan fingerprint density at radius 3 is 2.30 bits per heavy atom. The van der Waals surface area contributed by atoms with Gasteiger partial charge in [-0.3, -0.25) is 0 Å². The summed E-state index contributed by atoms with van der Waals surface area (Å²) >= 11 is 0. The van der Waals surface area contributed by atoms with Crippen molar-refractivity contribution in [2.75, 3.05) is 38.2 Å². The molecular weight excluding hydrogens is 304 g/mol. The summed E-state index contributed by atoms with van der Waals surface area (Å²) in [4.78, 5) is 0. The van der Waals surface area contributed by atoms with Crippen LogP contribution in [0.1, 0.15) is 19.3 Å². The molecule has 2 aliphatic heterocycles. The first-order valence-corrected chi connectivity index (χ1v) is 10.0. The number of sulfone groups is 1. The first-order valence-electron chi connectivity index (χ1n) is 6.80. The fourth-order valence-electron chi connectivity index (χ4n) is 2.76. The van der Waals surface area contributed by atoms with E-state index in [1.54, 1.807) is 0 Å². The molecule has 2 saturated heterocycles.